The number of rotatable bonds is 5. The van der Waals surface area contributed by atoms with Gasteiger partial charge in [0.05, 0.1) is 5.56 Å². The van der Waals surface area contributed by atoms with E-state index in [1.807, 2.05) is 13.0 Å². The Morgan fingerprint density at radius 2 is 2.29 bits per heavy atom. The average Bonchev–Trinajstić information content (AvgIpc) is 2.20. The van der Waals surface area contributed by atoms with Crippen molar-refractivity contribution in [2.24, 2.45) is 0 Å². The first-order valence-electron chi connectivity index (χ1n) is 4.23. The lowest BCUT2D eigenvalue weighted by Gasteiger charge is -2.07. The van der Waals surface area contributed by atoms with Crippen LogP contribution in [-0.2, 0) is 4.74 Å². The van der Waals surface area contributed by atoms with Crippen molar-refractivity contribution in [3.63, 3.8) is 0 Å². The zero-order valence-electron chi connectivity index (χ0n) is 7.83. The third kappa shape index (κ3) is 3.12. The highest BCUT2D eigenvalue weighted by molar-refractivity contribution is 9.10. The van der Waals surface area contributed by atoms with Crippen LogP contribution in [0, 0.1) is 0 Å². The van der Waals surface area contributed by atoms with Crippen LogP contribution in [0.5, 0.6) is 5.75 Å². The molecule has 0 spiro atoms. The van der Waals surface area contributed by atoms with Crippen LogP contribution in [0.25, 0.3) is 0 Å². The largest absolute Gasteiger partial charge is 0.467 e. The maximum absolute atomic E-state index is 10.7. The van der Waals surface area contributed by atoms with Gasteiger partial charge in [0.25, 0.3) is 0 Å². The molecule has 0 fully saturated rings. The van der Waals surface area contributed by atoms with E-state index < -0.39 is 0 Å². The topological polar surface area (TPSA) is 35.5 Å². The van der Waals surface area contributed by atoms with Crippen molar-refractivity contribution in [1.29, 1.82) is 0 Å². The first-order valence-corrected chi connectivity index (χ1v) is 5.02. The van der Waals surface area contributed by atoms with Crippen LogP contribution in [0.3, 0.4) is 0 Å². The molecule has 76 valence electrons. The number of halogens is 1. The summed E-state index contributed by atoms with van der Waals surface area (Å²) in [6.07, 6.45) is 0.756. The smallest absolute Gasteiger partial charge is 0.189 e. The van der Waals surface area contributed by atoms with Crippen molar-refractivity contribution >= 4 is 22.2 Å². The van der Waals surface area contributed by atoms with E-state index >= 15 is 0 Å². The third-order valence-corrected chi connectivity index (χ3v) is 2.09. The molecule has 0 aliphatic carbocycles. The first-order chi connectivity index (χ1) is 6.77. The molecule has 14 heavy (non-hydrogen) atoms. The zero-order chi connectivity index (χ0) is 10.4. The molecule has 1 aromatic carbocycles. The van der Waals surface area contributed by atoms with Crippen molar-refractivity contribution < 1.29 is 14.3 Å². The summed E-state index contributed by atoms with van der Waals surface area (Å²) < 4.78 is 11.1. The Morgan fingerprint density at radius 3 is 2.93 bits per heavy atom. The molecule has 0 unspecified atom stereocenters. The summed E-state index contributed by atoms with van der Waals surface area (Å²) in [5, 5.41) is 0. The molecule has 3 nitrogen and oxygen atoms in total. The fraction of sp³-hybridized carbons (Fsp3) is 0.300. The highest BCUT2D eigenvalue weighted by atomic mass is 79.9. The quantitative estimate of drug-likeness (QED) is 0.463. The van der Waals surface area contributed by atoms with E-state index in [0.717, 1.165) is 10.8 Å². The molecule has 0 aliphatic rings. The number of carbonyl (C=O) groups is 1. The summed E-state index contributed by atoms with van der Waals surface area (Å²) in [5.41, 5.74) is 0.513. The predicted octanol–water partition coefficient (Wildman–Crippen LogP) is 2.63. The molecule has 0 N–H and O–H groups in total. The predicted molar refractivity (Wildman–Crippen MR) is 56.7 cm³/mol. The summed E-state index contributed by atoms with van der Waals surface area (Å²) in [7, 11) is 0. The van der Waals surface area contributed by atoms with Gasteiger partial charge in [0.15, 0.2) is 13.1 Å². The molecule has 1 aromatic rings. The molecule has 4 heteroatoms. The van der Waals surface area contributed by atoms with Gasteiger partial charge in [-0.3, -0.25) is 4.79 Å². The number of ether oxygens (including phenoxy) is 2. The summed E-state index contributed by atoms with van der Waals surface area (Å²) in [6, 6.07) is 5.25. The number of aldehydes is 1. The number of hydrogen-bond acceptors (Lipinski definition) is 3. The van der Waals surface area contributed by atoms with Gasteiger partial charge < -0.3 is 9.47 Å². The number of carbonyl (C=O) groups excluding carboxylic acids is 1. The van der Waals surface area contributed by atoms with Gasteiger partial charge in [-0.1, -0.05) is 15.9 Å². The molecule has 0 saturated heterocycles. The lowest BCUT2D eigenvalue weighted by molar-refractivity contribution is 0.0220. The van der Waals surface area contributed by atoms with Crippen LogP contribution in [0.4, 0.5) is 0 Å². The average molecular weight is 259 g/mol. The minimum atomic E-state index is 0.166. The molecule has 0 heterocycles. The maximum atomic E-state index is 10.7. The summed E-state index contributed by atoms with van der Waals surface area (Å²) in [6.45, 7) is 2.64. The van der Waals surface area contributed by atoms with Crippen LogP contribution in [0.1, 0.15) is 17.3 Å². The number of hydrogen-bond donors (Lipinski definition) is 0. The normalized spacial score (nSPS) is 9.86. The van der Waals surface area contributed by atoms with E-state index in [-0.39, 0.29) is 6.79 Å². The molecule has 0 amide bonds. The lowest BCUT2D eigenvalue weighted by atomic mass is 10.2. The molecular formula is C10H11BrO3. The Hall–Kier alpha value is -0.870. The number of benzene rings is 1. The molecule has 0 radical (unpaired) electrons. The van der Waals surface area contributed by atoms with Gasteiger partial charge in [0.1, 0.15) is 5.75 Å². The fourth-order valence-corrected chi connectivity index (χ4v) is 1.31. The first kappa shape index (κ1) is 11.2. The highest BCUT2D eigenvalue weighted by Crippen LogP contribution is 2.21. The second-order valence-electron chi connectivity index (χ2n) is 2.55. The summed E-state index contributed by atoms with van der Waals surface area (Å²) in [5.74, 6) is 0.539. The van der Waals surface area contributed by atoms with Gasteiger partial charge in [0.2, 0.25) is 0 Å². The Morgan fingerprint density at radius 1 is 1.50 bits per heavy atom. The Bertz CT molecular complexity index is 312. The minimum Gasteiger partial charge on any atom is -0.467 e. The maximum Gasteiger partial charge on any atom is 0.189 e. The highest BCUT2D eigenvalue weighted by Gasteiger charge is 2.02. The zero-order valence-corrected chi connectivity index (χ0v) is 9.41. The Kier molecular flexibility index (Phi) is 4.62. The van der Waals surface area contributed by atoms with Gasteiger partial charge in [-0.05, 0) is 25.1 Å². The van der Waals surface area contributed by atoms with E-state index in [0.29, 0.717) is 17.9 Å². The molecule has 0 aliphatic heterocycles. The van der Waals surface area contributed by atoms with Crippen molar-refractivity contribution in [3.8, 4) is 5.75 Å². The van der Waals surface area contributed by atoms with Crippen LogP contribution in [0.2, 0.25) is 0 Å². The van der Waals surface area contributed by atoms with Crippen LogP contribution in [0.15, 0.2) is 22.7 Å². The van der Waals surface area contributed by atoms with E-state index in [9.17, 15) is 4.79 Å². The van der Waals surface area contributed by atoms with Gasteiger partial charge in [-0.25, -0.2) is 0 Å². The van der Waals surface area contributed by atoms with E-state index in [1.54, 1.807) is 12.1 Å². The van der Waals surface area contributed by atoms with Gasteiger partial charge in [-0.2, -0.15) is 0 Å². The second-order valence-corrected chi connectivity index (χ2v) is 3.47. The third-order valence-electron chi connectivity index (χ3n) is 1.60. The summed E-state index contributed by atoms with van der Waals surface area (Å²) in [4.78, 5) is 10.7. The Balaban J connectivity index is 2.70. The molecule has 1 rings (SSSR count). The van der Waals surface area contributed by atoms with E-state index in [4.69, 9.17) is 9.47 Å². The van der Waals surface area contributed by atoms with Crippen LogP contribution < -0.4 is 4.74 Å². The molecule has 0 atom stereocenters. The standard InChI is InChI=1S/C10H11BrO3/c1-2-13-7-14-10-4-3-9(11)5-8(10)6-12/h3-6H,2,7H2,1H3. The van der Waals surface area contributed by atoms with Crippen LogP contribution in [-0.4, -0.2) is 19.7 Å². The van der Waals surface area contributed by atoms with E-state index in [1.165, 1.54) is 0 Å². The lowest BCUT2D eigenvalue weighted by Crippen LogP contribution is -2.03. The summed E-state index contributed by atoms with van der Waals surface area (Å²) >= 11 is 3.27. The van der Waals surface area contributed by atoms with Crippen molar-refractivity contribution in [3.05, 3.63) is 28.2 Å². The van der Waals surface area contributed by atoms with E-state index in [2.05, 4.69) is 15.9 Å². The molecule has 0 saturated carbocycles. The van der Waals surface area contributed by atoms with Gasteiger partial charge in [0, 0.05) is 11.1 Å². The molecular weight excluding hydrogens is 248 g/mol. The Labute approximate surface area is 91.1 Å². The molecule has 0 aromatic heterocycles. The van der Waals surface area contributed by atoms with Crippen LogP contribution >= 0.6 is 15.9 Å². The monoisotopic (exact) mass is 258 g/mol. The van der Waals surface area contributed by atoms with Crippen molar-refractivity contribution in [1.82, 2.24) is 0 Å². The molecule has 0 bridgehead atoms. The SMILES string of the molecule is CCOCOc1ccc(Br)cc1C=O. The van der Waals surface area contributed by atoms with Crippen molar-refractivity contribution in [2.75, 3.05) is 13.4 Å². The van der Waals surface area contributed by atoms with Gasteiger partial charge in [-0.15, -0.1) is 0 Å². The van der Waals surface area contributed by atoms with Crippen molar-refractivity contribution in [2.45, 2.75) is 6.92 Å². The second kappa shape index (κ2) is 5.78. The minimum absolute atomic E-state index is 0.166. The fourth-order valence-electron chi connectivity index (χ4n) is 0.931. The van der Waals surface area contributed by atoms with Gasteiger partial charge >= 0.3 is 0 Å².